The van der Waals surface area contributed by atoms with Crippen molar-refractivity contribution in [3.63, 3.8) is 0 Å². The maximum atomic E-state index is 4.73. The number of benzene rings is 5. The van der Waals surface area contributed by atoms with Crippen LogP contribution in [0.5, 0.6) is 0 Å². The fourth-order valence-electron chi connectivity index (χ4n) is 5.55. The van der Waals surface area contributed by atoms with Crippen molar-refractivity contribution in [3.8, 4) is 33.6 Å². The van der Waals surface area contributed by atoms with Gasteiger partial charge in [-0.25, -0.2) is 0 Å². The van der Waals surface area contributed by atoms with E-state index in [1.165, 1.54) is 38.4 Å². The number of aryl methyl sites for hydroxylation is 1. The second kappa shape index (κ2) is 15.4. The van der Waals surface area contributed by atoms with Gasteiger partial charge in [-0.1, -0.05) is 124 Å². The summed E-state index contributed by atoms with van der Waals surface area (Å²) in [5, 5.41) is 3.77. The fraction of sp³-hybridized carbons (Fsp3) is 0.116. The molecule has 0 aliphatic carbocycles. The van der Waals surface area contributed by atoms with Crippen molar-refractivity contribution in [2.45, 2.75) is 33.0 Å². The second-order valence-corrected chi connectivity index (χ2v) is 17.7. The molecule has 1 radical (unpaired) electrons. The molecule has 0 fully saturated rings. The maximum absolute atomic E-state index is 4.73. The molecule has 7 rings (SSSR count). The monoisotopic (exact) mass is 803 g/mol. The van der Waals surface area contributed by atoms with Crippen LogP contribution in [-0.4, -0.2) is 18.0 Å². The van der Waals surface area contributed by atoms with E-state index in [0.29, 0.717) is 0 Å². The predicted octanol–water partition coefficient (Wildman–Crippen LogP) is 10.4. The van der Waals surface area contributed by atoms with Crippen LogP contribution >= 0.6 is 0 Å². The van der Waals surface area contributed by atoms with Crippen molar-refractivity contribution in [2.24, 2.45) is 0 Å². The summed E-state index contributed by atoms with van der Waals surface area (Å²) in [5.74, 6) is 0. The number of pyridine rings is 2. The minimum atomic E-state index is -1.47. The Kier molecular flexibility index (Phi) is 11.1. The Bertz CT molecular complexity index is 2050. The molecule has 47 heavy (non-hydrogen) atoms. The van der Waals surface area contributed by atoms with Gasteiger partial charge in [0.05, 0.1) is 8.07 Å². The topological polar surface area (TPSA) is 25.8 Å². The summed E-state index contributed by atoms with van der Waals surface area (Å²) in [6.45, 7) is 9.19. The van der Waals surface area contributed by atoms with Crippen LogP contribution in [0, 0.1) is 19.1 Å². The number of fused-ring (bicyclic) bond motifs is 1. The molecule has 0 saturated carbocycles. The molecule has 7 aromatic rings. The van der Waals surface area contributed by atoms with Crippen molar-refractivity contribution in [3.05, 3.63) is 175 Å². The first-order chi connectivity index (χ1) is 22.3. The molecule has 2 nitrogen and oxygen atoms in total. The zero-order valence-corrected chi connectivity index (χ0v) is 30.7. The van der Waals surface area contributed by atoms with E-state index >= 15 is 0 Å². The third kappa shape index (κ3) is 8.67. The van der Waals surface area contributed by atoms with Gasteiger partial charge in [0.2, 0.25) is 0 Å². The van der Waals surface area contributed by atoms with Gasteiger partial charge < -0.3 is 9.97 Å². The van der Waals surface area contributed by atoms with Crippen molar-refractivity contribution >= 4 is 24.0 Å². The van der Waals surface area contributed by atoms with Crippen molar-refractivity contribution < 1.29 is 20.1 Å². The third-order valence-corrected chi connectivity index (χ3v) is 10.1. The van der Waals surface area contributed by atoms with Crippen LogP contribution in [0.4, 0.5) is 0 Å². The van der Waals surface area contributed by atoms with Gasteiger partial charge >= 0.3 is 0 Å². The zero-order chi connectivity index (χ0) is 31.9. The van der Waals surface area contributed by atoms with Crippen LogP contribution in [0.25, 0.3) is 44.4 Å². The summed E-state index contributed by atoms with van der Waals surface area (Å²) in [6, 6.07) is 53.0. The van der Waals surface area contributed by atoms with Gasteiger partial charge in [0.25, 0.3) is 0 Å². The van der Waals surface area contributed by atoms with Crippen LogP contribution in [0.1, 0.15) is 16.7 Å². The maximum Gasteiger partial charge on any atom is 0.0803 e. The molecule has 0 amide bonds. The van der Waals surface area contributed by atoms with Crippen LogP contribution in [-0.2, 0) is 26.5 Å². The molecule has 4 heteroatoms. The minimum Gasteiger partial charge on any atom is -0.305 e. The van der Waals surface area contributed by atoms with Crippen LogP contribution in [0.2, 0.25) is 19.6 Å². The Morgan fingerprint density at radius 2 is 1.26 bits per heavy atom. The van der Waals surface area contributed by atoms with Gasteiger partial charge in [0.1, 0.15) is 0 Å². The van der Waals surface area contributed by atoms with Crippen LogP contribution < -0.4 is 5.19 Å². The van der Waals surface area contributed by atoms with Gasteiger partial charge in [0.15, 0.2) is 0 Å². The average molecular weight is 803 g/mol. The number of aromatic nitrogens is 2. The van der Waals surface area contributed by atoms with Gasteiger partial charge in [0, 0.05) is 32.5 Å². The first-order valence-corrected chi connectivity index (χ1v) is 19.3. The first-order valence-electron chi connectivity index (χ1n) is 15.8. The molecule has 0 spiro atoms. The van der Waals surface area contributed by atoms with Crippen molar-refractivity contribution in [1.29, 1.82) is 0 Å². The minimum absolute atomic E-state index is 0. The summed E-state index contributed by atoms with van der Waals surface area (Å²) in [4.78, 5) is 9.33. The van der Waals surface area contributed by atoms with E-state index in [1.54, 1.807) is 0 Å². The average Bonchev–Trinajstić information content (AvgIpc) is 3.09. The van der Waals surface area contributed by atoms with E-state index in [1.807, 2.05) is 30.5 Å². The van der Waals surface area contributed by atoms with Crippen LogP contribution in [0.3, 0.4) is 0 Å². The van der Waals surface area contributed by atoms with Gasteiger partial charge in [-0.2, -0.15) is 0 Å². The molecule has 0 N–H and O–H groups in total. The number of hydrogen-bond acceptors (Lipinski definition) is 2. The number of hydrogen-bond donors (Lipinski definition) is 0. The smallest absolute Gasteiger partial charge is 0.0803 e. The third-order valence-electron chi connectivity index (χ3n) is 8.06. The Morgan fingerprint density at radius 1 is 0.596 bits per heavy atom. The zero-order valence-electron chi connectivity index (χ0n) is 27.3. The second-order valence-electron chi connectivity index (χ2n) is 12.7. The SMILES string of the molecule is Cc1c[c-]c(-c2cc(-c3ccccc3)c([Si](C)(C)C)cn2)cc1.[Ir].[c-]1ccc(Cc2ccccc2)cc1-c1cc2ccccc2cn1. The van der Waals surface area contributed by atoms with E-state index in [4.69, 9.17) is 4.98 Å². The molecule has 0 bridgehead atoms. The Labute approximate surface area is 294 Å². The Hall–Kier alpha value is -4.47. The summed E-state index contributed by atoms with van der Waals surface area (Å²) in [7, 11) is -1.47. The van der Waals surface area contributed by atoms with Gasteiger partial charge in [-0.15, -0.1) is 70.8 Å². The fourth-order valence-corrected chi connectivity index (χ4v) is 7.03. The quantitative estimate of drug-likeness (QED) is 0.124. The van der Waals surface area contributed by atoms with Crippen molar-refractivity contribution in [2.75, 3.05) is 0 Å². The molecule has 0 unspecified atom stereocenters. The molecule has 0 atom stereocenters. The first kappa shape index (κ1) is 33.9. The molecule has 5 aromatic carbocycles. The van der Waals surface area contributed by atoms with E-state index in [0.717, 1.165) is 34.3 Å². The van der Waals surface area contributed by atoms with E-state index in [-0.39, 0.29) is 20.1 Å². The standard InChI is InChI=1S/C22H16N.C21H22NSi.Ir/c1-2-7-17(8-3-1)13-18-9-6-12-20(14-18)22-15-19-10-4-5-11-21(19)16-23-22;1-16-10-12-18(13-11-16)20-14-19(17-8-6-5-7-9-17)21(15-22-20)23(2,3)4;/h1-11,14-16H,13H2;5-12,14-15H,1-4H3;/q2*-1;. The normalized spacial score (nSPS) is 10.9. The summed E-state index contributed by atoms with van der Waals surface area (Å²) >= 11 is 0. The molecular formula is C43H38IrN2Si-2. The van der Waals surface area contributed by atoms with Crippen LogP contribution in [0.15, 0.2) is 146 Å². The molecule has 0 aliphatic heterocycles. The molecular weight excluding hydrogens is 765 g/mol. The summed E-state index contributed by atoms with van der Waals surface area (Å²) < 4.78 is 0. The number of nitrogens with zero attached hydrogens (tertiary/aromatic N) is 2. The molecule has 0 aliphatic rings. The van der Waals surface area contributed by atoms with Gasteiger partial charge in [-0.05, 0) is 50.5 Å². The summed E-state index contributed by atoms with van der Waals surface area (Å²) in [6.07, 6.45) is 4.94. The van der Waals surface area contributed by atoms with Gasteiger partial charge in [-0.3, -0.25) is 0 Å². The molecule has 2 aromatic heterocycles. The predicted molar refractivity (Wildman–Crippen MR) is 197 cm³/mol. The molecule has 235 valence electrons. The van der Waals surface area contributed by atoms with E-state index in [2.05, 4.69) is 159 Å². The Balaban J connectivity index is 0.000000181. The number of rotatable bonds is 6. The van der Waals surface area contributed by atoms with E-state index in [9.17, 15) is 0 Å². The van der Waals surface area contributed by atoms with Crippen molar-refractivity contribution in [1.82, 2.24) is 9.97 Å². The molecule has 0 saturated heterocycles. The largest absolute Gasteiger partial charge is 0.305 e. The summed E-state index contributed by atoms with van der Waals surface area (Å²) in [5.41, 5.74) is 10.4. The Morgan fingerprint density at radius 3 is 1.96 bits per heavy atom. The van der Waals surface area contributed by atoms with E-state index < -0.39 is 8.07 Å². The molecule has 2 heterocycles.